The fraction of sp³-hybridized carbons (Fsp3) is 0.346. The standard InChI is InChI=1S/C26H27F2N3O4/c1-14-17(6-5-7-20(14)24-15(2)30-26(31-16(24)3)35-25(27)28)12-29-19-8-9-21-18(10-23(32)33-4)13-34-22(21)11-19/h5-9,11,18,25,29H,10,12-13H2,1-4H3. The quantitative estimate of drug-likeness (QED) is 0.434. The van der Waals surface area contributed by atoms with Gasteiger partial charge in [0.1, 0.15) is 5.75 Å². The number of nitrogens with zero attached hydrogens (tertiary/aromatic N) is 2. The van der Waals surface area contributed by atoms with Crippen molar-refractivity contribution in [2.24, 2.45) is 0 Å². The molecule has 0 aliphatic carbocycles. The Labute approximate surface area is 202 Å². The molecule has 0 amide bonds. The van der Waals surface area contributed by atoms with Crippen LogP contribution in [0.3, 0.4) is 0 Å². The van der Waals surface area contributed by atoms with Gasteiger partial charge in [-0.3, -0.25) is 4.79 Å². The van der Waals surface area contributed by atoms with Crippen LogP contribution in [0.5, 0.6) is 11.8 Å². The maximum atomic E-state index is 12.6. The number of fused-ring (bicyclic) bond motifs is 1. The molecule has 1 aliphatic rings. The van der Waals surface area contributed by atoms with Crippen LogP contribution < -0.4 is 14.8 Å². The van der Waals surface area contributed by atoms with Crippen LogP contribution in [0.25, 0.3) is 11.1 Å². The van der Waals surface area contributed by atoms with Crippen molar-refractivity contribution < 1.29 is 27.8 Å². The van der Waals surface area contributed by atoms with Gasteiger partial charge in [0.25, 0.3) is 0 Å². The molecule has 0 spiro atoms. The van der Waals surface area contributed by atoms with E-state index in [0.29, 0.717) is 31.0 Å². The number of aryl methyl sites for hydroxylation is 2. The number of carbonyl (C=O) groups is 1. The first-order valence-corrected chi connectivity index (χ1v) is 11.2. The number of aromatic nitrogens is 2. The van der Waals surface area contributed by atoms with Crippen LogP contribution in [0, 0.1) is 20.8 Å². The molecule has 1 N–H and O–H groups in total. The SMILES string of the molecule is COC(=O)CC1COc2cc(NCc3cccc(-c4c(C)nc(OC(F)F)nc4C)c3C)ccc21. The summed E-state index contributed by atoms with van der Waals surface area (Å²) in [5.74, 6) is 0.511. The molecule has 9 heteroatoms. The van der Waals surface area contributed by atoms with Crippen molar-refractivity contribution in [1.82, 2.24) is 9.97 Å². The number of alkyl halides is 2. The zero-order valence-corrected chi connectivity index (χ0v) is 20.0. The van der Waals surface area contributed by atoms with Crippen molar-refractivity contribution >= 4 is 11.7 Å². The van der Waals surface area contributed by atoms with Gasteiger partial charge in [0.2, 0.25) is 0 Å². The summed E-state index contributed by atoms with van der Waals surface area (Å²) in [6.07, 6.45) is 0.292. The van der Waals surface area contributed by atoms with Crippen molar-refractivity contribution in [2.45, 2.75) is 46.3 Å². The second-order valence-corrected chi connectivity index (χ2v) is 8.41. The van der Waals surface area contributed by atoms with Crippen LogP contribution in [0.4, 0.5) is 14.5 Å². The Hall–Kier alpha value is -3.75. The lowest BCUT2D eigenvalue weighted by Crippen LogP contribution is -2.09. The van der Waals surface area contributed by atoms with Crippen molar-refractivity contribution in [1.29, 1.82) is 0 Å². The number of carbonyl (C=O) groups excluding carboxylic acids is 1. The second kappa shape index (κ2) is 10.2. The number of halogens is 2. The predicted octanol–water partition coefficient (Wildman–Crippen LogP) is 5.32. The van der Waals surface area contributed by atoms with Crippen LogP contribution in [0.2, 0.25) is 0 Å². The Balaban J connectivity index is 1.52. The fourth-order valence-electron chi connectivity index (χ4n) is 4.39. The highest BCUT2D eigenvalue weighted by Crippen LogP contribution is 2.38. The van der Waals surface area contributed by atoms with Crippen LogP contribution in [-0.2, 0) is 16.1 Å². The minimum absolute atomic E-state index is 0.00314. The lowest BCUT2D eigenvalue weighted by molar-refractivity contribution is -0.141. The molecule has 0 saturated heterocycles. The third kappa shape index (κ3) is 5.34. The third-order valence-electron chi connectivity index (χ3n) is 6.18. The summed E-state index contributed by atoms with van der Waals surface area (Å²) >= 11 is 0. The number of benzene rings is 2. The monoisotopic (exact) mass is 483 g/mol. The molecular weight excluding hydrogens is 456 g/mol. The maximum absolute atomic E-state index is 12.6. The Morgan fingerprint density at radius 3 is 2.60 bits per heavy atom. The van der Waals surface area contributed by atoms with E-state index in [1.165, 1.54) is 7.11 Å². The summed E-state index contributed by atoms with van der Waals surface area (Å²) in [4.78, 5) is 19.8. The zero-order valence-electron chi connectivity index (χ0n) is 20.0. The molecule has 35 heavy (non-hydrogen) atoms. The molecule has 1 aromatic heterocycles. The van der Waals surface area contributed by atoms with E-state index in [9.17, 15) is 13.6 Å². The molecule has 1 atom stereocenters. The van der Waals surface area contributed by atoms with Gasteiger partial charge < -0.3 is 19.5 Å². The Morgan fingerprint density at radius 1 is 1.17 bits per heavy atom. The molecule has 1 unspecified atom stereocenters. The summed E-state index contributed by atoms with van der Waals surface area (Å²) < 4.78 is 40.1. The number of anilines is 1. The van der Waals surface area contributed by atoms with E-state index in [0.717, 1.165) is 39.3 Å². The molecule has 3 aromatic rings. The van der Waals surface area contributed by atoms with Gasteiger partial charge in [-0.2, -0.15) is 18.7 Å². The first-order valence-electron chi connectivity index (χ1n) is 11.2. The molecule has 0 fully saturated rings. The Bertz CT molecular complexity index is 1230. The topological polar surface area (TPSA) is 82.6 Å². The minimum atomic E-state index is -2.97. The fourth-order valence-corrected chi connectivity index (χ4v) is 4.39. The predicted molar refractivity (Wildman–Crippen MR) is 127 cm³/mol. The number of nitrogens with one attached hydrogen (secondary N) is 1. The van der Waals surface area contributed by atoms with E-state index in [2.05, 4.69) is 20.0 Å². The Morgan fingerprint density at radius 2 is 1.91 bits per heavy atom. The highest BCUT2D eigenvalue weighted by Gasteiger charge is 2.27. The summed E-state index contributed by atoms with van der Waals surface area (Å²) in [5.41, 5.74) is 6.88. The Kier molecular flexibility index (Phi) is 7.14. The maximum Gasteiger partial charge on any atom is 0.389 e. The number of hydrogen-bond donors (Lipinski definition) is 1. The number of ether oxygens (including phenoxy) is 3. The normalized spacial score (nSPS) is 14.4. The smallest absolute Gasteiger partial charge is 0.389 e. The number of methoxy groups -OCH3 is 1. The highest BCUT2D eigenvalue weighted by atomic mass is 19.3. The molecule has 4 rings (SSSR count). The van der Waals surface area contributed by atoms with E-state index in [-0.39, 0.29) is 17.9 Å². The molecule has 0 radical (unpaired) electrons. The van der Waals surface area contributed by atoms with E-state index < -0.39 is 6.61 Å². The van der Waals surface area contributed by atoms with Gasteiger partial charge in [0.15, 0.2) is 0 Å². The van der Waals surface area contributed by atoms with Crippen molar-refractivity contribution in [3.63, 3.8) is 0 Å². The summed E-state index contributed by atoms with van der Waals surface area (Å²) in [6, 6.07) is 11.5. The van der Waals surface area contributed by atoms with Crippen molar-refractivity contribution in [3.05, 3.63) is 64.5 Å². The summed E-state index contributed by atoms with van der Waals surface area (Å²) in [7, 11) is 1.38. The average molecular weight is 484 g/mol. The number of esters is 1. The molecule has 1 aliphatic heterocycles. The third-order valence-corrected chi connectivity index (χ3v) is 6.18. The van der Waals surface area contributed by atoms with Crippen LogP contribution >= 0.6 is 0 Å². The van der Waals surface area contributed by atoms with E-state index >= 15 is 0 Å². The van der Waals surface area contributed by atoms with Crippen LogP contribution in [-0.4, -0.2) is 36.3 Å². The van der Waals surface area contributed by atoms with E-state index in [1.54, 1.807) is 13.8 Å². The van der Waals surface area contributed by atoms with Crippen molar-refractivity contribution in [3.8, 4) is 22.9 Å². The summed E-state index contributed by atoms with van der Waals surface area (Å²) in [5, 5.41) is 3.43. The number of rotatable bonds is 8. The second-order valence-electron chi connectivity index (χ2n) is 8.41. The highest BCUT2D eigenvalue weighted by molar-refractivity contribution is 5.73. The zero-order chi connectivity index (χ0) is 25.1. The molecule has 2 heterocycles. The summed E-state index contributed by atoms with van der Waals surface area (Å²) in [6.45, 7) is 3.57. The van der Waals surface area contributed by atoms with E-state index in [4.69, 9.17) is 9.47 Å². The number of hydrogen-bond acceptors (Lipinski definition) is 7. The van der Waals surface area contributed by atoms with Gasteiger partial charge in [0.05, 0.1) is 31.5 Å². The van der Waals surface area contributed by atoms with E-state index in [1.807, 2.05) is 43.3 Å². The van der Waals surface area contributed by atoms with Gasteiger partial charge in [-0.15, -0.1) is 0 Å². The van der Waals surface area contributed by atoms with Gasteiger partial charge in [0, 0.05) is 35.3 Å². The van der Waals surface area contributed by atoms with Gasteiger partial charge in [-0.1, -0.05) is 24.3 Å². The molecule has 7 nitrogen and oxygen atoms in total. The largest absolute Gasteiger partial charge is 0.493 e. The van der Waals surface area contributed by atoms with Gasteiger partial charge in [-0.05, 0) is 43.5 Å². The molecular formula is C26H27F2N3O4. The lowest BCUT2D eigenvalue weighted by Gasteiger charge is -2.16. The average Bonchev–Trinajstić information content (AvgIpc) is 3.20. The molecule has 2 aromatic carbocycles. The minimum Gasteiger partial charge on any atom is -0.493 e. The van der Waals surface area contributed by atoms with Crippen LogP contribution in [0.1, 0.15) is 40.4 Å². The first kappa shape index (κ1) is 24.4. The van der Waals surface area contributed by atoms with Gasteiger partial charge >= 0.3 is 18.6 Å². The first-order chi connectivity index (χ1) is 16.8. The van der Waals surface area contributed by atoms with Crippen molar-refractivity contribution in [2.75, 3.05) is 19.0 Å². The van der Waals surface area contributed by atoms with Gasteiger partial charge in [-0.25, -0.2) is 0 Å². The molecule has 0 saturated carbocycles. The molecule has 0 bridgehead atoms. The lowest BCUT2D eigenvalue weighted by atomic mass is 9.94. The molecule has 184 valence electrons. The van der Waals surface area contributed by atoms with Crippen LogP contribution in [0.15, 0.2) is 36.4 Å².